The third-order valence-corrected chi connectivity index (χ3v) is 2.68. The predicted molar refractivity (Wildman–Crippen MR) is 74.2 cm³/mol. The van der Waals surface area contributed by atoms with Gasteiger partial charge < -0.3 is 15.6 Å². The smallest absolute Gasteiger partial charge is 0.226 e. The average Bonchev–Trinajstić information content (AvgIpc) is 3.05. The fraction of sp³-hybridized carbons (Fsp3) is 0.364. The molecule has 0 radical (unpaired) electrons. The summed E-state index contributed by atoms with van der Waals surface area (Å²) in [6.07, 6.45) is 3.26. The van der Waals surface area contributed by atoms with Gasteiger partial charge in [-0.3, -0.25) is 4.68 Å². The van der Waals surface area contributed by atoms with Crippen LogP contribution in [0.15, 0.2) is 12.7 Å². The maximum Gasteiger partial charge on any atom is 0.226 e. The van der Waals surface area contributed by atoms with Crippen LogP contribution in [0.25, 0.3) is 11.2 Å². The van der Waals surface area contributed by atoms with Crippen molar-refractivity contribution in [2.24, 2.45) is 7.05 Å². The Hall–Kier alpha value is -2.71. The van der Waals surface area contributed by atoms with Crippen LogP contribution in [0.5, 0.6) is 0 Å². The highest BCUT2D eigenvalue weighted by Crippen LogP contribution is 2.18. The molecule has 0 saturated carbocycles. The van der Waals surface area contributed by atoms with Crippen molar-refractivity contribution in [1.82, 2.24) is 34.7 Å². The van der Waals surface area contributed by atoms with Gasteiger partial charge >= 0.3 is 0 Å². The second-order valence-electron chi connectivity index (χ2n) is 4.22. The lowest BCUT2D eigenvalue weighted by atomic mass is 10.4. The van der Waals surface area contributed by atoms with Gasteiger partial charge in [0, 0.05) is 13.6 Å². The summed E-state index contributed by atoms with van der Waals surface area (Å²) in [5, 5.41) is 10.5. The standard InChI is InChI=1S/C11H15N9/c1-3-12-11-17-9(8-10(18-11)15-5-14-8)13-4-7-16-6-20(2)19-7/h5-6H,3-4H2,1-2H3,(H3,12,13,14,15,17,18). The molecule has 0 saturated heterocycles. The summed E-state index contributed by atoms with van der Waals surface area (Å²) >= 11 is 0. The number of imidazole rings is 1. The van der Waals surface area contributed by atoms with Crippen LogP contribution in [-0.4, -0.2) is 41.2 Å². The van der Waals surface area contributed by atoms with E-state index in [1.54, 1.807) is 17.3 Å². The molecular formula is C11H15N9. The van der Waals surface area contributed by atoms with E-state index in [2.05, 4.69) is 40.7 Å². The molecular weight excluding hydrogens is 258 g/mol. The Morgan fingerprint density at radius 1 is 1.25 bits per heavy atom. The van der Waals surface area contributed by atoms with Crippen molar-refractivity contribution in [3.8, 4) is 0 Å². The molecule has 0 bridgehead atoms. The van der Waals surface area contributed by atoms with Gasteiger partial charge in [-0.25, -0.2) is 9.97 Å². The summed E-state index contributed by atoms with van der Waals surface area (Å²) in [4.78, 5) is 20.1. The van der Waals surface area contributed by atoms with E-state index in [1.165, 1.54) is 0 Å². The number of aryl methyl sites for hydroxylation is 1. The molecule has 3 N–H and O–H groups in total. The zero-order chi connectivity index (χ0) is 13.9. The van der Waals surface area contributed by atoms with Crippen LogP contribution in [-0.2, 0) is 13.6 Å². The van der Waals surface area contributed by atoms with Crippen molar-refractivity contribution in [2.75, 3.05) is 17.2 Å². The summed E-state index contributed by atoms with van der Waals surface area (Å²) in [7, 11) is 1.83. The zero-order valence-electron chi connectivity index (χ0n) is 11.3. The van der Waals surface area contributed by atoms with Crippen molar-refractivity contribution in [1.29, 1.82) is 0 Å². The van der Waals surface area contributed by atoms with Crippen molar-refractivity contribution in [3.63, 3.8) is 0 Å². The van der Waals surface area contributed by atoms with Gasteiger partial charge in [-0.15, -0.1) is 0 Å². The molecule has 3 aromatic heterocycles. The number of hydrogen-bond donors (Lipinski definition) is 3. The predicted octanol–water partition coefficient (Wildman–Crippen LogP) is 0.525. The number of nitrogens with one attached hydrogen (secondary N) is 3. The van der Waals surface area contributed by atoms with Gasteiger partial charge in [0.2, 0.25) is 5.95 Å². The molecule has 0 aliphatic carbocycles. The third kappa shape index (κ3) is 2.37. The van der Waals surface area contributed by atoms with Crippen molar-refractivity contribution >= 4 is 22.9 Å². The van der Waals surface area contributed by atoms with Gasteiger partial charge in [-0.2, -0.15) is 15.1 Å². The van der Waals surface area contributed by atoms with Crippen LogP contribution in [0.3, 0.4) is 0 Å². The minimum atomic E-state index is 0.484. The lowest BCUT2D eigenvalue weighted by molar-refractivity contribution is 0.747. The van der Waals surface area contributed by atoms with Crippen LogP contribution in [0, 0.1) is 0 Å². The quantitative estimate of drug-likeness (QED) is 0.622. The summed E-state index contributed by atoms with van der Waals surface area (Å²) in [5.41, 5.74) is 1.38. The largest absolute Gasteiger partial charge is 0.361 e. The molecule has 20 heavy (non-hydrogen) atoms. The highest BCUT2D eigenvalue weighted by atomic mass is 15.3. The molecule has 0 amide bonds. The number of rotatable bonds is 5. The van der Waals surface area contributed by atoms with Gasteiger partial charge in [0.15, 0.2) is 17.3 Å². The summed E-state index contributed by atoms with van der Waals surface area (Å²) < 4.78 is 1.66. The van der Waals surface area contributed by atoms with E-state index in [9.17, 15) is 0 Å². The second-order valence-corrected chi connectivity index (χ2v) is 4.22. The average molecular weight is 273 g/mol. The van der Waals surface area contributed by atoms with Gasteiger partial charge in [-0.05, 0) is 6.92 Å². The maximum absolute atomic E-state index is 4.42. The molecule has 3 rings (SSSR count). The topological polar surface area (TPSA) is 109 Å². The van der Waals surface area contributed by atoms with Crippen LogP contribution < -0.4 is 10.6 Å². The minimum absolute atomic E-state index is 0.484. The molecule has 0 aliphatic rings. The zero-order valence-corrected chi connectivity index (χ0v) is 11.3. The van der Waals surface area contributed by atoms with Crippen molar-refractivity contribution in [2.45, 2.75) is 13.5 Å². The van der Waals surface area contributed by atoms with E-state index in [-0.39, 0.29) is 0 Å². The minimum Gasteiger partial charge on any atom is -0.361 e. The van der Waals surface area contributed by atoms with Gasteiger partial charge in [-0.1, -0.05) is 0 Å². The van der Waals surface area contributed by atoms with Crippen molar-refractivity contribution < 1.29 is 0 Å². The maximum atomic E-state index is 4.42. The van der Waals surface area contributed by atoms with Crippen LogP contribution in [0.2, 0.25) is 0 Å². The number of H-pyrrole nitrogens is 1. The number of aromatic amines is 1. The Morgan fingerprint density at radius 3 is 2.90 bits per heavy atom. The molecule has 0 unspecified atom stereocenters. The highest BCUT2D eigenvalue weighted by molar-refractivity contribution is 5.83. The van der Waals surface area contributed by atoms with Crippen LogP contribution in [0.1, 0.15) is 12.7 Å². The highest BCUT2D eigenvalue weighted by Gasteiger charge is 2.10. The van der Waals surface area contributed by atoms with E-state index < -0.39 is 0 Å². The van der Waals surface area contributed by atoms with Gasteiger partial charge in [0.25, 0.3) is 0 Å². The first-order valence-corrected chi connectivity index (χ1v) is 6.29. The second kappa shape index (κ2) is 5.11. The SMILES string of the molecule is CCNc1nc(NCc2ncn(C)n2)c2[nH]cnc2n1. The third-order valence-electron chi connectivity index (χ3n) is 2.68. The van der Waals surface area contributed by atoms with E-state index >= 15 is 0 Å². The molecule has 0 spiro atoms. The molecule has 0 aliphatic heterocycles. The Labute approximate surface area is 114 Å². The van der Waals surface area contributed by atoms with E-state index in [4.69, 9.17) is 0 Å². The van der Waals surface area contributed by atoms with Crippen LogP contribution >= 0.6 is 0 Å². The number of fused-ring (bicyclic) bond motifs is 1. The summed E-state index contributed by atoms with van der Waals surface area (Å²) in [5.74, 6) is 1.92. The molecule has 3 heterocycles. The van der Waals surface area contributed by atoms with E-state index in [0.29, 0.717) is 29.8 Å². The monoisotopic (exact) mass is 273 g/mol. The fourth-order valence-electron chi connectivity index (χ4n) is 1.83. The summed E-state index contributed by atoms with van der Waals surface area (Å²) in [6.45, 7) is 3.22. The molecule has 104 valence electrons. The lowest BCUT2D eigenvalue weighted by Crippen LogP contribution is -2.08. The number of hydrogen-bond acceptors (Lipinski definition) is 7. The number of aromatic nitrogens is 7. The number of anilines is 2. The van der Waals surface area contributed by atoms with E-state index in [0.717, 1.165) is 12.1 Å². The molecule has 9 nitrogen and oxygen atoms in total. The van der Waals surface area contributed by atoms with Crippen molar-refractivity contribution in [3.05, 3.63) is 18.5 Å². The van der Waals surface area contributed by atoms with E-state index in [1.807, 2.05) is 14.0 Å². The first-order valence-electron chi connectivity index (χ1n) is 6.29. The van der Waals surface area contributed by atoms with Gasteiger partial charge in [0.05, 0.1) is 12.9 Å². The Bertz CT molecular complexity index is 714. The first-order chi connectivity index (χ1) is 9.76. The molecule has 0 fully saturated rings. The first kappa shape index (κ1) is 12.3. The number of nitrogens with zero attached hydrogens (tertiary/aromatic N) is 6. The van der Waals surface area contributed by atoms with Crippen LogP contribution in [0.4, 0.5) is 11.8 Å². The lowest BCUT2D eigenvalue weighted by Gasteiger charge is -2.07. The Kier molecular flexibility index (Phi) is 3.15. The van der Waals surface area contributed by atoms with Gasteiger partial charge in [0.1, 0.15) is 11.8 Å². The fourth-order valence-corrected chi connectivity index (χ4v) is 1.83. The summed E-state index contributed by atoms with van der Waals surface area (Å²) in [6, 6.07) is 0. The normalized spacial score (nSPS) is 10.9. The Balaban J connectivity index is 1.87. The molecule has 3 aromatic rings. The Morgan fingerprint density at radius 2 is 2.15 bits per heavy atom. The molecule has 0 atom stereocenters. The molecule has 9 heteroatoms. The molecule has 0 aromatic carbocycles.